The second kappa shape index (κ2) is 5.52. The topological polar surface area (TPSA) is 0 Å². The predicted molar refractivity (Wildman–Crippen MR) is 72.4 cm³/mol. The Kier molecular flexibility index (Phi) is 4.89. The van der Waals surface area contributed by atoms with Crippen LogP contribution in [-0.2, 0) is 0 Å². The number of alkyl halides is 1. The van der Waals surface area contributed by atoms with E-state index in [1.807, 2.05) is 0 Å². The summed E-state index contributed by atoms with van der Waals surface area (Å²) in [6, 6.07) is 0. The summed E-state index contributed by atoms with van der Waals surface area (Å²) < 4.78 is 0. The maximum absolute atomic E-state index is 3.56. The predicted octanol–water partition coefficient (Wildman–Crippen LogP) is 5.18. The Hall–Kier alpha value is 0.220. The Balaban J connectivity index is 2.36. The van der Waals surface area contributed by atoms with Crippen LogP contribution in [0.5, 0.6) is 0 Å². The van der Waals surface area contributed by atoms with E-state index in [1.165, 1.54) is 25.7 Å². The van der Waals surface area contributed by atoms with Crippen LogP contribution in [0.3, 0.4) is 0 Å². The van der Waals surface area contributed by atoms with Gasteiger partial charge in [0.05, 0.1) is 0 Å². The highest BCUT2D eigenvalue weighted by Gasteiger charge is 2.28. The zero-order valence-electron chi connectivity index (χ0n) is 10.6. The van der Waals surface area contributed by atoms with Crippen molar-refractivity contribution in [2.45, 2.75) is 58.2 Å². The van der Waals surface area contributed by atoms with Crippen LogP contribution in [0.1, 0.15) is 53.4 Å². The molecule has 1 rings (SSSR count). The first-order chi connectivity index (χ1) is 6.89. The Morgan fingerprint density at radius 2 is 1.67 bits per heavy atom. The molecule has 1 heteroatoms. The molecule has 0 N–H and O–H groups in total. The van der Waals surface area contributed by atoms with Crippen LogP contribution < -0.4 is 0 Å². The van der Waals surface area contributed by atoms with Crippen LogP contribution >= 0.6 is 15.9 Å². The lowest BCUT2D eigenvalue weighted by Crippen LogP contribution is -2.25. The van der Waals surface area contributed by atoms with Crippen molar-refractivity contribution in [1.29, 1.82) is 0 Å². The quantitative estimate of drug-likeness (QED) is 0.480. The summed E-state index contributed by atoms with van der Waals surface area (Å²) in [5, 5.41) is 0. The minimum atomic E-state index is 0.511. The first-order valence-corrected chi connectivity index (χ1v) is 7.13. The zero-order valence-corrected chi connectivity index (χ0v) is 12.2. The highest BCUT2D eigenvalue weighted by atomic mass is 79.9. The Morgan fingerprint density at radius 3 is 2.07 bits per heavy atom. The van der Waals surface area contributed by atoms with Crippen molar-refractivity contribution in [3.8, 4) is 0 Å². The van der Waals surface area contributed by atoms with Crippen molar-refractivity contribution in [2.24, 2.45) is 17.3 Å². The summed E-state index contributed by atoms with van der Waals surface area (Å²) >= 11 is 3.56. The average molecular weight is 273 g/mol. The van der Waals surface area contributed by atoms with Gasteiger partial charge in [0.15, 0.2) is 0 Å². The van der Waals surface area contributed by atoms with Gasteiger partial charge in [-0.15, -0.1) is 0 Å². The van der Waals surface area contributed by atoms with E-state index in [4.69, 9.17) is 0 Å². The molecule has 1 aliphatic carbocycles. The molecular weight excluding hydrogens is 248 g/mol. The molecule has 0 aromatic carbocycles. The fourth-order valence-electron chi connectivity index (χ4n) is 2.49. The van der Waals surface area contributed by atoms with E-state index in [0.29, 0.717) is 10.2 Å². The van der Waals surface area contributed by atoms with Gasteiger partial charge in [-0.05, 0) is 49.9 Å². The minimum absolute atomic E-state index is 0.511. The second-order valence-corrected chi connectivity index (χ2v) is 7.48. The normalized spacial score (nSPS) is 30.7. The minimum Gasteiger partial charge on any atom is -0.0848 e. The van der Waals surface area contributed by atoms with Gasteiger partial charge in [-0.2, -0.15) is 0 Å². The SMILES string of the molecule is CC(Br)/C=C/C1CCC(C(C)(C)C)CC1. The summed E-state index contributed by atoms with van der Waals surface area (Å²) in [5.41, 5.74) is 0.511. The van der Waals surface area contributed by atoms with Gasteiger partial charge in [0.1, 0.15) is 0 Å². The van der Waals surface area contributed by atoms with E-state index in [2.05, 4.69) is 55.8 Å². The third-order valence-electron chi connectivity index (χ3n) is 3.65. The van der Waals surface area contributed by atoms with E-state index in [-0.39, 0.29) is 0 Å². The largest absolute Gasteiger partial charge is 0.0848 e. The third kappa shape index (κ3) is 4.72. The molecule has 0 aromatic rings. The number of halogens is 1. The lowest BCUT2D eigenvalue weighted by atomic mass is 9.70. The van der Waals surface area contributed by atoms with Crippen LogP contribution in [0.25, 0.3) is 0 Å². The zero-order chi connectivity index (χ0) is 11.5. The molecule has 0 aromatic heterocycles. The maximum Gasteiger partial charge on any atom is 0.0297 e. The molecule has 0 heterocycles. The van der Waals surface area contributed by atoms with Gasteiger partial charge in [0.2, 0.25) is 0 Å². The van der Waals surface area contributed by atoms with E-state index in [9.17, 15) is 0 Å². The number of rotatable bonds is 2. The van der Waals surface area contributed by atoms with Gasteiger partial charge in [0, 0.05) is 4.83 Å². The maximum atomic E-state index is 3.56. The summed E-state index contributed by atoms with van der Waals surface area (Å²) in [7, 11) is 0. The number of hydrogen-bond donors (Lipinski definition) is 0. The second-order valence-electron chi connectivity index (χ2n) is 6.04. The van der Waals surface area contributed by atoms with Crippen LogP contribution in [0.4, 0.5) is 0 Å². The van der Waals surface area contributed by atoms with Gasteiger partial charge >= 0.3 is 0 Å². The van der Waals surface area contributed by atoms with Crippen molar-refractivity contribution in [2.75, 3.05) is 0 Å². The Labute approximate surface area is 104 Å². The molecular formula is C14H25Br. The number of hydrogen-bond acceptors (Lipinski definition) is 0. The molecule has 0 amide bonds. The van der Waals surface area contributed by atoms with Crippen molar-refractivity contribution in [3.05, 3.63) is 12.2 Å². The van der Waals surface area contributed by atoms with Crippen molar-refractivity contribution >= 4 is 15.9 Å². The molecule has 0 bridgehead atoms. The van der Waals surface area contributed by atoms with E-state index < -0.39 is 0 Å². The van der Waals surface area contributed by atoms with Gasteiger partial charge < -0.3 is 0 Å². The standard InChI is InChI=1S/C14H25Br/c1-11(15)5-6-12-7-9-13(10-8-12)14(2,3)4/h5-6,11-13H,7-10H2,1-4H3/b6-5+. The molecule has 1 atom stereocenters. The molecule has 1 saturated carbocycles. The van der Waals surface area contributed by atoms with Crippen molar-refractivity contribution in [3.63, 3.8) is 0 Å². The first kappa shape index (κ1) is 13.3. The first-order valence-electron chi connectivity index (χ1n) is 6.22. The number of allylic oxidation sites excluding steroid dienone is 2. The molecule has 0 saturated heterocycles. The summed E-state index contributed by atoms with van der Waals surface area (Å²) in [6.45, 7) is 9.33. The van der Waals surface area contributed by atoms with Crippen molar-refractivity contribution in [1.82, 2.24) is 0 Å². The third-order valence-corrected chi connectivity index (χ3v) is 3.95. The van der Waals surface area contributed by atoms with Crippen LogP contribution in [0.2, 0.25) is 0 Å². The molecule has 0 spiro atoms. The van der Waals surface area contributed by atoms with Gasteiger partial charge in [0.25, 0.3) is 0 Å². The summed E-state index contributed by atoms with van der Waals surface area (Å²) in [4.78, 5) is 0.526. The monoisotopic (exact) mass is 272 g/mol. The highest BCUT2D eigenvalue weighted by Crippen LogP contribution is 2.40. The fourth-order valence-corrected chi connectivity index (χ4v) is 2.66. The fraction of sp³-hybridized carbons (Fsp3) is 0.857. The lowest BCUT2D eigenvalue weighted by Gasteiger charge is -2.36. The van der Waals surface area contributed by atoms with Gasteiger partial charge in [-0.3, -0.25) is 0 Å². The van der Waals surface area contributed by atoms with Gasteiger partial charge in [-0.1, -0.05) is 48.9 Å². The Morgan fingerprint density at radius 1 is 1.13 bits per heavy atom. The molecule has 0 radical (unpaired) electrons. The van der Waals surface area contributed by atoms with E-state index in [0.717, 1.165) is 11.8 Å². The van der Waals surface area contributed by atoms with Crippen molar-refractivity contribution < 1.29 is 0 Å². The highest BCUT2D eigenvalue weighted by molar-refractivity contribution is 9.09. The molecule has 88 valence electrons. The molecule has 1 unspecified atom stereocenters. The summed E-state index contributed by atoms with van der Waals surface area (Å²) in [5.74, 6) is 1.77. The Bertz CT molecular complexity index is 202. The van der Waals surface area contributed by atoms with E-state index >= 15 is 0 Å². The molecule has 0 nitrogen and oxygen atoms in total. The van der Waals surface area contributed by atoms with Crippen LogP contribution in [0.15, 0.2) is 12.2 Å². The molecule has 1 aliphatic rings. The van der Waals surface area contributed by atoms with E-state index in [1.54, 1.807) is 0 Å². The average Bonchev–Trinajstić information content (AvgIpc) is 2.14. The molecule has 0 aliphatic heterocycles. The van der Waals surface area contributed by atoms with Gasteiger partial charge in [-0.25, -0.2) is 0 Å². The smallest absolute Gasteiger partial charge is 0.0297 e. The van der Waals surface area contributed by atoms with Crippen LogP contribution in [-0.4, -0.2) is 4.83 Å². The molecule has 15 heavy (non-hydrogen) atoms. The summed E-state index contributed by atoms with van der Waals surface area (Å²) in [6.07, 6.45) is 10.3. The molecule has 1 fully saturated rings. The lowest BCUT2D eigenvalue weighted by molar-refractivity contribution is 0.163. The van der Waals surface area contributed by atoms with Crippen LogP contribution in [0, 0.1) is 17.3 Å².